The van der Waals surface area contributed by atoms with E-state index in [4.69, 9.17) is 0 Å². The molecule has 1 aromatic carbocycles. The molecule has 112 valence electrons. The van der Waals surface area contributed by atoms with Crippen molar-refractivity contribution in [1.29, 1.82) is 0 Å². The topological polar surface area (TPSA) is 89.1 Å². The lowest BCUT2D eigenvalue weighted by molar-refractivity contribution is -0.137. The van der Waals surface area contributed by atoms with Crippen LogP contribution in [0.25, 0.3) is 17.3 Å². The average Bonchev–Trinajstić information content (AvgIpc) is 2.52. The van der Waals surface area contributed by atoms with Crippen LogP contribution in [0.4, 0.5) is 0 Å². The first-order chi connectivity index (χ1) is 10.5. The molecule has 0 spiro atoms. The maximum atomic E-state index is 11.7. The monoisotopic (exact) mass is 298 g/mol. The van der Waals surface area contributed by atoms with Crippen LogP contribution < -0.4 is 5.56 Å². The molecule has 0 radical (unpaired) electrons. The highest BCUT2D eigenvalue weighted by Crippen LogP contribution is 2.21. The molecule has 0 fully saturated rings. The summed E-state index contributed by atoms with van der Waals surface area (Å²) in [6, 6.07) is 10.4. The van der Waals surface area contributed by atoms with Crippen molar-refractivity contribution < 1.29 is 14.3 Å². The van der Waals surface area contributed by atoms with Crippen LogP contribution in [0.5, 0.6) is 0 Å². The Balaban J connectivity index is 2.64. The van der Waals surface area contributed by atoms with Crippen molar-refractivity contribution in [2.24, 2.45) is 0 Å². The minimum atomic E-state index is -0.758. The van der Waals surface area contributed by atoms with Crippen LogP contribution in [0.2, 0.25) is 0 Å². The number of ketones is 1. The van der Waals surface area contributed by atoms with Gasteiger partial charge in [-0.05, 0) is 13.0 Å². The van der Waals surface area contributed by atoms with Crippen molar-refractivity contribution in [1.82, 2.24) is 10.2 Å². The number of esters is 1. The molecule has 0 aliphatic heterocycles. The molecule has 0 bridgehead atoms. The Labute approximate surface area is 126 Å². The third-order valence-electron chi connectivity index (χ3n) is 2.97. The molecule has 6 heteroatoms. The Morgan fingerprint density at radius 2 is 1.91 bits per heavy atom. The fourth-order valence-electron chi connectivity index (χ4n) is 1.92. The number of H-pyrrole nitrogens is 1. The predicted octanol–water partition coefficient (Wildman–Crippen LogP) is 1.58. The molecule has 0 saturated heterocycles. The summed E-state index contributed by atoms with van der Waals surface area (Å²) in [6.07, 6.45) is 1.32. The standard InChI is InChI=1S/C16H14N2O4/c1-10(19)13(16(21)22-2)8-12-9-14(20)17-18-15(12)11-6-4-3-5-7-11/h3-9H,1-2H3,(H,17,20)/b13-8+. The van der Waals surface area contributed by atoms with Gasteiger partial charge >= 0.3 is 5.97 Å². The molecule has 6 nitrogen and oxygen atoms in total. The molecule has 0 aliphatic rings. The fourth-order valence-corrected chi connectivity index (χ4v) is 1.92. The highest BCUT2D eigenvalue weighted by molar-refractivity contribution is 6.20. The van der Waals surface area contributed by atoms with Gasteiger partial charge in [-0.15, -0.1) is 0 Å². The maximum absolute atomic E-state index is 11.7. The second kappa shape index (κ2) is 6.62. The normalized spacial score (nSPS) is 11.1. The first-order valence-electron chi connectivity index (χ1n) is 6.49. The van der Waals surface area contributed by atoms with E-state index >= 15 is 0 Å². The van der Waals surface area contributed by atoms with Gasteiger partial charge in [-0.25, -0.2) is 9.89 Å². The summed E-state index contributed by atoms with van der Waals surface area (Å²) in [4.78, 5) is 34.8. The zero-order valence-corrected chi connectivity index (χ0v) is 12.1. The van der Waals surface area contributed by atoms with Gasteiger partial charge < -0.3 is 4.74 Å². The third-order valence-corrected chi connectivity index (χ3v) is 2.97. The summed E-state index contributed by atoms with van der Waals surface area (Å²) in [5.41, 5.74) is 0.997. The van der Waals surface area contributed by atoms with Gasteiger partial charge in [-0.2, -0.15) is 5.10 Å². The molecule has 0 aliphatic carbocycles. The molecular weight excluding hydrogens is 284 g/mol. The lowest BCUT2D eigenvalue weighted by atomic mass is 10.0. The first kappa shape index (κ1) is 15.4. The van der Waals surface area contributed by atoms with Crippen molar-refractivity contribution >= 4 is 17.8 Å². The quantitative estimate of drug-likeness (QED) is 0.400. The van der Waals surface area contributed by atoms with Crippen molar-refractivity contribution in [3.05, 3.63) is 57.9 Å². The summed E-state index contributed by atoms with van der Waals surface area (Å²) in [5.74, 6) is -1.21. The van der Waals surface area contributed by atoms with E-state index in [0.29, 0.717) is 11.3 Å². The van der Waals surface area contributed by atoms with E-state index in [0.717, 1.165) is 5.56 Å². The Morgan fingerprint density at radius 3 is 2.50 bits per heavy atom. The third kappa shape index (κ3) is 3.35. The predicted molar refractivity (Wildman–Crippen MR) is 81.0 cm³/mol. The van der Waals surface area contributed by atoms with Gasteiger partial charge in [0.25, 0.3) is 5.56 Å². The highest BCUT2D eigenvalue weighted by Gasteiger charge is 2.16. The van der Waals surface area contributed by atoms with Gasteiger partial charge in [0, 0.05) is 17.2 Å². The molecule has 2 rings (SSSR count). The molecule has 22 heavy (non-hydrogen) atoms. The molecule has 0 atom stereocenters. The van der Waals surface area contributed by atoms with Crippen molar-refractivity contribution in [3.8, 4) is 11.3 Å². The number of carbonyl (C=O) groups excluding carboxylic acids is 2. The number of nitrogens with zero attached hydrogens (tertiary/aromatic N) is 1. The maximum Gasteiger partial charge on any atom is 0.341 e. The number of ether oxygens (including phenoxy) is 1. The number of aromatic amines is 1. The van der Waals surface area contributed by atoms with Crippen molar-refractivity contribution in [2.45, 2.75) is 6.92 Å². The van der Waals surface area contributed by atoms with Crippen LogP contribution in [-0.4, -0.2) is 29.1 Å². The SMILES string of the molecule is COC(=O)/C(=C/c1cc(=O)[nH]nc1-c1ccccc1)C(C)=O. The number of rotatable bonds is 4. The van der Waals surface area contributed by atoms with Crippen LogP contribution in [-0.2, 0) is 14.3 Å². The minimum absolute atomic E-state index is 0.146. The Kier molecular flexibility index (Phi) is 4.63. The largest absolute Gasteiger partial charge is 0.465 e. The van der Waals surface area contributed by atoms with Gasteiger partial charge in [-0.3, -0.25) is 9.59 Å². The number of hydrogen-bond acceptors (Lipinski definition) is 5. The molecule has 1 heterocycles. The summed E-state index contributed by atoms with van der Waals surface area (Å²) in [6.45, 7) is 1.26. The number of hydrogen-bond donors (Lipinski definition) is 1. The van der Waals surface area contributed by atoms with Gasteiger partial charge in [0.05, 0.1) is 12.8 Å². The van der Waals surface area contributed by atoms with Gasteiger partial charge in [0.15, 0.2) is 5.78 Å². The molecule has 0 unspecified atom stereocenters. The molecule has 1 N–H and O–H groups in total. The Morgan fingerprint density at radius 1 is 1.23 bits per heavy atom. The van der Waals surface area contributed by atoms with Crippen LogP contribution in [0.1, 0.15) is 12.5 Å². The van der Waals surface area contributed by atoms with Crippen LogP contribution in [0, 0.1) is 0 Å². The molecular formula is C16H14N2O4. The van der Waals surface area contributed by atoms with E-state index in [1.165, 1.54) is 26.2 Å². The average molecular weight is 298 g/mol. The summed E-state index contributed by atoms with van der Waals surface area (Å²) < 4.78 is 4.59. The number of Topliss-reactive ketones (excluding diaryl/α,β-unsaturated/α-hetero) is 1. The Hall–Kier alpha value is -3.02. The summed E-state index contributed by atoms with van der Waals surface area (Å²) >= 11 is 0. The zero-order valence-electron chi connectivity index (χ0n) is 12.1. The number of aromatic nitrogens is 2. The second-order valence-corrected chi connectivity index (χ2v) is 4.51. The highest BCUT2D eigenvalue weighted by atomic mass is 16.5. The lowest BCUT2D eigenvalue weighted by Crippen LogP contribution is -2.13. The first-order valence-corrected chi connectivity index (χ1v) is 6.49. The smallest absolute Gasteiger partial charge is 0.341 e. The molecule has 1 aromatic heterocycles. The lowest BCUT2D eigenvalue weighted by Gasteiger charge is -2.06. The van der Waals surface area contributed by atoms with Crippen LogP contribution in [0.3, 0.4) is 0 Å². The van der Waals surface area contributed by atoms with E-state index in [1.807, 2.05) is 30.3 Å². The molecule has 0 amide bonds. The second-order valence-electron chi connectivity index (χ2n) is 4.51. The van der Waals surface area contributed by atoms with E-state index in [-0.39, 0.29) is 5.57 Å². The Bertz CT molecular complexity index is 791. The van der Waals surface area contributed by atoms with Crippen LogP contribution >= 0.6 is 0 Å². The van der Waals surface area contributed by atoms with Gasteiger partial charge in [0.2, 0.25) is 0 Å². The minimum Gasteiger partial charge on any atom is -0.465 e. The van der Waals surface area contributed by atoms with Gasteiger partial charge in [0.1, 0.15) is 5.57 Å². The van der Waals surface area contributed by atoms with E-state index < -0.39 is 17.3 Å². The summed E-state index contributed by atoms with van der Waals surface area (Å²) in [5, 5.41) is 6.35. The van der Waals surface area contributed by atoms with Crippen molar-refractivity contribution in [3.63, 3.8) is 0 Å². The van der Waals surface area contributed by atoms with E-state index in [1.54, 1.807) is 0 Å². The number of methoxy groups -OCH3 is 1. The van der Waals surface area contributed by atoms with E-state index in [2.05, 4.69) is 14.9 Å². The van der Waals surface area contributed by atoms with E-state index in [9.17, 15) is 14.4 Å². The van der Waals surface area contributed by atoms with Gasteiger partial charge in [-0.1, -0.05) is 30.3 Å². The molecule has 0 saturated carbocycles. The summed E-state index contributed by atoms with van der Waals surface area (Å²) in [7, 11) is 1.19. The number of benzene rings is 1. The molecule has 2 aromatic rings. The zero-order chi connectivity index (χ0) is 16.1. The van der Waals surface area contributed by atoms with Crippen LogP contribution in [0.15, 0.2) is 46.8 Å². The fraction of sp³-hybridized carbons (Fsp3) is 0.125. The van der Waals surface area contributed by atoms with Crippen molar-refractivity contribution in [2.75, 3.05) is 7.11 Å². The number of carbonyl (C=O) groups is 2. The number of nitrogens with one attached hydrogen (secondary N) is 1.